The minimum absolute atomic E-state index is 0.890. The quantitative estimate of drug-likeness (QED) is 0.252. The molecule has 0 bridgehead atoms. The Morgan fingerprint density at radius 3 is 2.36 bits per heavy atom. The summed E-state index contributed by atoms with van der Waals surface area (Å²) in [5.74, 6) is 2.00. The molecule has 0 radical (unpaired) electrons. The average molecular weight is 425 g/mol. The van der Waals surface area contributed by atoms with Crippen molar-refractivity contribution in [1.82, 2.24) is 0 Å². The van der Waals surface area contributed by atoms with Crippen molar-refractivity contribution >= 4 is 43.1 Å². The van der Waals surface area contributed by atoms with Gasteiger partial charge in [-0.15, -0.1) is 0 Å². The molecule has 1 aliphatic heterocycles. The fourth-order valence-corrected chi connectivity index (χ4v) is 5.79. The lowest BCUT2D eigenvalue weighted by Gasteiger charge is -2.25. The standard InChI is InChI=1S/C32H24O/c1-2-8-20-11-7-13-25-23(20)17-18-26-28-19-22-10-4-6-14-29(22)33-32(28)31-24-12-5-3-9-21(24)15-16-27(31)30(25)26/h3-7,9-18H,2,8,19H2,1H3. The first-order valence-electron chi connectivity index (χ1n) is 11.9. The molecule has 1 aliphatic rings. The number of ether oxygens (including phenoxy) is 1. The second-order valence-corrected chi connectivity index (χ2v) is 9.15. The topological polar surface area (TPSA) is 9.23 Å². The molecule has 0 spiro atoms. The van der Waals surface area contributed by atoms with Gasteiger partial charge in [-0.3, -0.25) is 0 Å². The van der Waals surface area contributed by atoms with E-state index in [1.54, 1.807) is 0 Å². The van der Waals surface area contributed by atoms with Crippen LogP contribution in [0.15, 0.2) is 91.0 Å². The third-order valence-corrected chi connectivity index (χ3v) is 7.25. The van der Waals surface area contributed by atoms with Gasteiger partial charge in [0.05, 0.1) is 0 Å². The molecular formula is C32H24O. The Hall–Kier alpha value is -3.84. The molecule has 0 aromatic heterocycles. The van der Waals surface area contributed by atoms with Crippen LogP contribution in [0.3, 0.4) is 0 Å². The van der Waals surface area contributed by atoms with Crippen molar-refractivity contribution in [3.8, 4) is 11.5 Å². The van der Waals surface area contributed by atoms with E-state index in [0.29, 0.717) is 0 Å². The summed E-state index contributed by atoms with van der Waals surface area (Å²) < 4.78 is 6.68. The average Bonchev–Trinajstić information content (AvgIpc) is 2.87. The molecule has 0 amide bonds. The van der Waals surface area contributed by atoms with Crippen LogP contribution in [-0.4, -0.2) is 0 Å². The molecule has 1 heteroatoms. The molecule has 0 N–H and O–H groups in total. The SMILES string of the molecule is CCCc1cccc2c1ccc1c3c(c4c5ccccc5ccc4c12)Oc1ccccc1C3. The van der Waals surface area contributed by atoms with Crippen molar-refractivity contribution in [3.05, 3.63) is 108 Å². The molecule has 6 aromatic carbocycles. The summed E-state index contributed by atoms with van der Waals surface area (Å²) >= 11 is 0. The second kappa shape index (κ2) is 7.08. The number of rotatable bonds is 2. The summed E-state index contributed by atoms with van der Waals surface area (Å²) in [5, 5.41) is 10.4. The fraction of sp³-hybridized carbons (Fsp3) is 0.125. The van der Waals surface area contributed by atoms with E-state index < -0.39 is 0 Å². The van der Waals surface area contributed by atoms with Crippen LogP contribution in [0.2, 0.25) is 0 Å². The van der Waals surface area contributed by atoms with Gasteiger partial charge in [-0.25, -0.2) is 0 Å². The Bertz CT molecular complexity index is 1720. The Kier molecular flexibility index (Phi) is 4.01. The van der Waals surface area contributed by atoms with Crippen molar-refractivity contribution in [1.29, 1.82) is 0 Å². The van der Waals surface area contributed by atoms with Crippen molar-refractivity contribution in [2.24, 2.45) is 0 Å². The molecule has 0 saturated heterocycles. The van der Waals surface area contributed by atoms with E-state index in [9.17, 15) is 0 Å². The maximum absolute atomic E-state index is 6.68. The largest absolute Gasteiger partial charge is 0.456 e. The van der Waals surface area contributed by atoms with Gasteiger partial charge in [-0.1, -0.05) is 98.3 Å². The Balaban J connectivity index is 1.71. The lowest BCUT2D eigenvalue weighted by molar-refractivity contribution is 0.467. The third-order valence-electron chi connectivity index (χ3n) is 7.25. The zero-order valence-electron chi connectivity index (χ0n) is 18.7. The summed E-state index contributed by atoms with van der Waals surface area (Å²) in [6.45, 7) is 2.26. The van der Waals surface area contributed by atoms with Gasteiger partial charge in [0, 0.05) is 17.4 Å². The summed E-state index contributed by atoms with van der Waals surface area (Å²) in [6.07, 6.45) is 3.14. The first-order valence-corrected chi connectivity index (χ1v) is 11.9. The second-order valence-electron chi connectivity index (χ2n) is 9.15. The van der Waals surface area contributed by atoms with Crippen LogP contribution in [0.4, 0.5) is 0 Å². The first kappa shape index (κ1) is 18.7. The lowest BCUT2D eigenvalue weighted by Crippen LogP contribution is -2.05. The van der Waals surface area contributed by atoms with E-state index in [1.165, 1.54) is 59.8 Å². The maximum Gasteiger partial charge on any atom is 0.140 e. The van der Waals surface area contributed by atoms with Crippen LogP contribution in [0.25, 0.3) is 43.1 Å². The Morgan fingerprint density at radius 1 is 0.636 bits per heavy atom. The van der Waals surface area contributed by atoms with Crippen molar-refractivity contribution in [2.45, 2.75) is 26.2 Å². The van der Waals surface area contributed by atoms with Crippen LogP contribution in [0.1, 0.15) is 30.0 Å². The van der Waals surface area contributed by atoms with Gasteiger partial charge in [0.2, 0.25) is 0 Å². The van der Waals surface area contributed by atoms with Crippen LogP contribution in [-0.2, 0) is 12.8 Å². The summed E-state index contributed by atoms with van der Waals surface area (Å²) in [7, 11) is 0. The molecule has 0 atom stereocenters. The van der Waals surface area contributed by atoms with E-state index in [-0.39, 0.29) is 0 Å². The Morgan fingerprint density at radius 2 is 1.42 bits per heavy atom. The molecule has 6 aromatic rings. The molecule has 7 rings (SSSR count). The highest BCUT2D eigenvalue weighted by molar-refractivity contribution is 6.28. The number of hydrogen-bond acceptors (Lipinski definition) is 1. The maximum atomic E-state index is 6.68. The molecule has 1 nitrogen and oxygen atoms in total. The zero-order chi connectivity index (χ0) is 21.9. The van der Waals surface area contributed by atoms with E-state index >= 15 is 0 Å². The number of benzene rings is 6. The summed E-state index contributed by atoms with van der Waals surface area (Å²) in [4.78, 5) is 0. The van der Waals surface area contributed by atoms with E-state index in [1.807, 2.05) is 0 Å². The molecule has 1 heterocycles. The summed E-state index contributed by atoms with van der Waals surface area (Å²) in [6, 6.07) is 33.2. The molecule has 0 aliphatic carbocycles. The third kappa shape index (κ3) is 2.66. The zero-order valence-corrected chi connectivity index (χ0v) is 18.7. The van der Waals surface area contributed by atoms with Gasteiger partial charge in [0.25, 0.3) is 0 Å². The van der Waals surface area contributed by atoms with Gasteiger partial charge in [0.1, 0.15) is 11.5 Å². The fourth-order valence-electron chi connectivity index (χ4n) is 5.79. The van der Waals surface area contributed by atoms with Crippen molar-refractivity contribution in [2.75, 3.05) is 0 Å². The molecular weight excluding hydrogens is 400 g/mol. The van der Waals surface area contributed by atoms with Crippen LogP contribution >= 0.6 is 0 Å². The molecule has 0 saturated carbocycles. The van der Waals surface area contributed by atoms with E-state index in [0.717, 1.165) is 30.8 Å². The van der Waals surface area contributed by atoms with Gasteiger partial charge in [0.15, 0.2) is 0 Å². The van der Waals surface area contributed by atoms with Crippen molar-refractivity contribution in [3.63, 3.8) is 0 Å². The number of para-hydroxylation sites is 1. The van der Waals surface area contributed by atoms with Crippen LogP contribution in [0.5, 0.6) is 11.5 Å². The summed E-state index contributed by atoms with van der Waals surface area (Å²) in [5.41, 5.74) is 3.99. The highest BCUT2D eigenvalue weighted by Crippen LogP contribution is 2.49. The normalized spacial score (nSPS) is 12.8. The molecule has 0 fully saturated rings. The number of fused-ring (bicyclic) bond motifs is 11. The minimum atomic E-state index is 0.890. The molecule has 33 heavy (non-hydrogen) atoms. The lowest BCUT2D eigenvalue weighted by atomic mass is 9.86. The minimum Gasteiger partial charge on any atom is -0.456 e. The first-order chi connectivity index (χ1) is 16.3. The van der Waals surface area contributed by atoms with Crippen LogP contribution in [0, 0.1) is 0 Å². The van der Waals surface area contributed by atoms with Crippen molar-refractivity contribution < 1.29 is 4.74 Å². The monoisotopic (exact) mass is 424 g/mol. The highest BCUT2D eigenvalue weighted by atomic mass is 16.5. The van der Waals surface area contributed by atoms with Crippen LogP contribution < -0.4 is 4.74 Å². The number of hydrogen-bond donors (Lipinski definition) is 0. The molecule has 158 valence electrons. The Labute approximate surface area is 193 Å². The smallest absolute Gasteiger partial charge is 0.140 e. The predicted octanol–water partition coefficient (Wildman–Crippen LogP) is 8.95. The van der Waals surface area contributed by atoms with Gasteiger partial charge < -0.3 is 4.74 Å². The molecule has 0 unspecified atom stereocenters. The highest BCUT2D eigenvalue weighted by Gasteiger charge is 2.24. The van der Waals surface area contributed by atoms with E-state index in [4.69, 9.17) is 4.74 Å². The van der Waals surface area contributed by atoms with Gasteiger partial charge >= 0.3 is 0 Å². The predicted molar refractivity (Wildman–Crippen MR) is 140 cm³/mol. The number of aryl methyl sites for hydroxylation is 1. The van der Waals surface area contributed by atoms with Gasteiger partial charge in [-0.05, 0) is 61.3 Å². The van der Waals surface area contributed by atoms with E-state index in [2.05, 4.69) is 97.9 Å². The van der Waals surface area contributed by atoms with Gasteiger partial charge in [-0.2, -0.15) is 0 Å².